The lowest BCUT2D eigenvalue weighted by molar-refractivity contribution is -0.131. The average Bonchev–Trinajstić information content (AvgIpc) is 2.32. The van der Waals surface area contributed by atoms with E-state index in [1.165, 1.54) is 10.5 Å². The van der Waals surface area contributed by atoms with Crippen molar-refractivity contribution in [2.75, 3.05) is 13.6 Å². The van der Waals surface area contributed by atoms with Crippen molar-refractivity contribution in [1.82, 2.24) is 9.80 Å². The number of benzene rings is 1. The van der Waals surface area contributed by atoms with Crippen LogP contribution in [0.4, 0.5) is 4.79 Å². The van der Waals surface area contributed by atoms with Crippen LogP contribution in [-0.2, 0) is 11.3 Å². The monoisotopic (exact) mass is 232 g/mol. The largest absolute Gasteiger partial charge is 0.327 e. The van der Waals surface area contributed by atoms with Gasteiger partial charge in [0.25, 0.3) is 0 Å². The van der Waals surface area contributed by atoms with Gasteiger partial charge in [0.1, 0.15) is 0 Å². The van der Waals surface area contributed by atoms with Crippen LogP contribution in [0, 0.1) is 6.92 Å². The molecule has 17 heavy (non-hydrogen) atoms. The fourth-order valence-electron chi connectivity index (χ4n) is 1.84. The van der Waals surface area contributed by atoms with Gasteiger partial charge >= 0.3 is 6.03 Å². The van der Waals surface area contributed by atoms with Crippen LogP contribution in [0.1, 0.15) is 17.5 Å². The van der Waals surface area contributed by atoms with Crippen LogP contribution in [0.15, 0.2) is 24.3 Å². The lowest BCUT2D eigenvalue weighted by Gasteiger charge is -2.31. The highest BCUT2D eigenvalue weighted by Crippen LogP contribution is 2.13. The number of rotatable bonds is 2. The molecule has 1 fully saturated rings. The summed E-state index contributed by atoms with van der Waals surface area (Å²) in [5.74, 6) is -0.0892. The fourth-order valence-corrected chi connectivity index (χ4v) is 1.84. The second-order valence-corrected chi connectivity index (χ2v) is 4.42. The summed E-state index contributed by atoms with van der Waals surface area (Å²) < 4.78 is 0. The Balaban J connectivity index is 2.13. The van der Waals surface area contributed by atoms with Crippen molar-refractivity contribution in [1.29, 1.82) is 0 Å². The Morgan fingerprint density at radius 3 is 2.47 bits per heavy atom. The quantitative estimate of drug-likeness (QED) is 0.779. The summed E-state index contributed by atoms with van der Waals surface area (Å²) in [5.41, 5.74) is 2.15. The molecule has 1 aromatic rings. The number of aryl methyl sites for hydroxylation is 1. The average molecular weight is 232 g/mol. The van der Waals surface area contributed by atoms with Gasteiger partial charge in [0.05, 0.1) is 6.54 Å². The van der Waals surface area contributed by atoms with Crippen LogP contribution in [0.25, 0.3) is 0 Å². The summed E-state index contributed by atoms with van der Waals surface area (Å²) >= 11 is 0. The molecule has 4 nitrogen and oxygen atoms in total. The number of nitrogens with zero attached hydrogens (tertiary/aromatic N) is 2. The van der Waals surface area contributed by atoms with E-state index in [1.54, 1.807) is 11.9 Å². The normalized spacial score (nSPS) is 16.6. The molecular formula is C13H16N2O2. The Labute approximate surface area is 101 Å². The Bertz CT molecular complexity index is 439. The van der Waals surface area contributed by atoms with Crippen molar-refractivity contribution in [3.05, 3.63) is 35.4 Å². The Kier molecular flexibility index (Phi) is 3.13. The van der Waals surface area contributed by atoms with Gasteiger partial charge in [-0.2, -0.15) is 0 Å². The smallest absolute Gasteiger partial charge is 0.326 e. The van der Waals surface area contributed by atoms with E-state index in [9.17, 15) is 9.59 Å². The number of urea groups is 1. The number of carbonyl (C=O) groups is 2. The van der Waals surface area contributed by atoms with Gasteiger partial charge < -0.3 is 4.90 Å². The van der Waals surface area contributed by atoms with E-state index in [2.05, 4.69) is 0 Å². The highest BCUT2D eigenvalue weighted by molar-refractivity contribution is 5.96. The molecule has 0 saturated carbocycles. The zero-order chi connectivity index (χ0) is 12.4. The van der Waals surface area contributed by atoms with Gasteiger partial charge in [0.2, 0.25) is 5.91 Å². The molecule has 1 aliphatic heterocycles. The molecule has 1 aromatic carbocycles. The molecule has 0 spiro atoms. The lowest BCUT2D eigenvalue weighted by atomic mass is 10.1. The molecule has 0 N–H and O–H groups in total. The molecule has 0 unspecified atom stereocenters. The molecule has 0 atom stereocenters. The molecule has 2 rings (SSSR count). The third-order valence-electron chi connectivity index (χ3n) is 2.98. The minimum atomic E-state index is -0.207. The van der Waals surface area contributed by atoms with Crippen molar-refractivity contribution in [2.24, 2.45) is 0 Å². The standard InChI is InChI=1S/C13H16N2O2/c1-10-3-5-11(6-4-10)9-15-12(16)7-8-14(2)13(15)17/h3-6H,7-9H2,1-2H3. The van der Waals surface area contributed by atoms with Crippen molar-refractivity contribution in [3.63, 3.8) is 0 Å². The van der Waals surface area contributed by atoms with Crippen LogP contribution in [0.2, 0.25) is 0 Å². The van der Waals surface area contributed by atoms with Crippen molar-refractivity contribution >= 4 is 11.9 Å². The molecule has 90 valence electrons. The second kappa shape index (κ2) is 4.57. The first kappa shape index (κ1) is 11.6. The summed E-state index contributed by atoms with van der Waals surface area (Å²) in [6, 6.07) is 7.66. The van der Waals surface area contributed by atoms with Crippen molar-refractivity contribution in [2.45, 2.75) is 19.9 Å². The van der Waals surface area contributed by atoms with E-state index in [-0.39, 0.29) is 11.9 Å². The van der Waals surface area contributed by atoms with Gasteiger partial charge in [-0.3, -0.25) is 9.69 Å². The molecule has 1 saturated heterocycles. The number of hydrogen-bond donors (Lipinski definition) is 0. The van der Waals surface area contributed by atoms with Crippen LogP contribution in [-0.4, -0.2) is 35.3 Å². The Morgan fingerprint density at radius 2 is 1.82 bits per heavy atom. The van der Waals surface area contributed by atoms with Gasteiger partial charge in [-0.15, -0.1) is 0 Å². The van der Waals surface area contributed by atoms with Gasteiger partial charge in [0, 0.05) is 20.0 Å². The maximum Gasteiger partial charge on any atom is 0.326 e. The molecule has 1 aliphatic rings. The SMILES string of the molecule is Cc1ccc(CN2C(=O)CCN(C)C2=O)cc1. The summed E-state index contributed by atoms with van der Waals surface area (Å²) in [7, 11) is 1.72. The third-order valence-corrected chi connectivity index (χ3v) is 2.98. The van der Waals surface area contributed by atoms with Crippen molar-refractivity contribution in [3.8, 4) is 0 Å². The van der Waals surface area contributed by atoms with E-state index < -0.39 is 0 Å². The maximum atomic E-state index is 11.8. The first-order valence-corrected chi connectivity index (χ1v) is 5.69. The number of carbonyl (C=O) groups excluding carboxylic acids is 2. The second-order valence-electron chi connectivity index (χ2n) is 4.42. The van der Waals surface area contributed by atoms with E-state index in [0.717, 1.165) is 5.56 Å². The van der Waals surface area contributed by atoms with E-state index in [4.69, 9.17) is 0 Å². The van der Waals surface area contributed by atoms with E-state index >= 15 is 0 Å². The van der Waals surface area contributed by atoms with Crippen LogP contribution < -0.4 is 0 Å². The molecule has 0 radical (unpaired) electrons. The zero-order valence-electron chi connectivity index (χ0n) is 10.1. The first-order valence-electron chi connectivity index (χ1n) is 5.69. The minimum Gasteiger partial charge on any atom is -0.327 e. The minimum absolute atomic E-state index is 0.0892. The highest BCUT2D eigenvalue weighted by Gasteiger charge is 2.29. The van der Waals surface area contributed by atoms with Crippen LogP contribution >= 0.6 is 0 Å². The Hall–Kier alpha value is -1.84. The van der Waals surface area contributed by atoms with Crippen molar-refractivity contribution < 1.29 is 9.59 Å². The summed E-state index contributed by atoms with van der Waals surface area (Å²) in [5, 5.41) is 0. The number of imide groups is 1. The zero-order valence-corrected chi connectivity index (χ0v) is 10.1. The molecule has 1 heterocycles. The number of hydrogen-bond acceptors (Lipinski definition) is 2. The summed E-state index contributed by atoms with van der Waals surface area (Å²) in [6.45, 7) is 2.89. The number of amides is 3. The molecule has 4 heteroatoms. The molecule has 3 amide bonds. The molecule has 0 aromatic heterocycles. The predicted molar refractivity (Wildman–Crippen MR) is 64.4 cm³/mol. The van der Waals surface area contributed by atoms with E-state index in [0.29, 0.717) is 19.5 Å². The third kappa shape index (κ3) is 2.46. The fraction of sp³-hybridized carbons (Fsp3) is 0.385. The van der Waals surface area contributed by atoms with E-state index in [1.807, 2.05) is 31.2 Å². The predicted octanol–water partition coefficient (Wildman–Crippen LogP) is 1.78. The summed E-state index contributed by atoms with van der Waals surface area (Å²) in [6.07, 6.45) is 0.411. The van der Waals surface area contributed by atoms with Gasteiger partial charge in [-0.05, 0) is 12.5 Å². The first-order chi connectivity index (χ1) is 8.08. The van der Waals surface area contributed by atoms with Gasteiger partial charge in [-0.25, -0.2) is 4.79 Å². The van der Waals surface area contributed by atoms with Crippen LogP contribution in [0.3, 0.4) is 0 Å². The molecule has 0 aliphatic carbocycles. The van der Waals surface area contributed by atoms with Gasteiger partial charge in [0.15, 0.2) is 0 Å². The Morgan fingerprint density at radius 1 is 1.18 bits per heavy atom. The van der Waals surface area contributed by atoms with Crippen LogP contribution in [0.5, 0.6) is 0 Å². The lowest BCUT2D eigenvalue weighted by Crippen LogP contribution is -2.50. The summed E-state index contributed by atoms with van der Waals surface area (Å²) in [4.78, 5) is 26.4. The topological polar surface area (TPSA) is 40.6 Å². The molecular weight excluding hydrogens is 216 g/mol. The highest BCUT2D eigenvalue weighted by atomic mass is 16.2. The maximum absolute atomic E-state index is 11.8. The van der Waals surface area contributed by atoms with Gasteiger partial charge in [-0.1, -0.05) is 29.8 Å². The molecule has 0 bridgehead atoms.